The van der Waals surface area contributed by atoms with Gasteiger partial charge in [-0.2, -0.15) is 0 Å². The molecule has 1 aromatic rings. The Bertz CT molecular complexity index is 481. The SMILES string of the molecule is Cc1c(F)cc(C(=O)N2CCC(F)(F)C2)cc1Br. The fraction of sp³-hybridized carbons (Fsp3) is 0.417. The molecule has 6 heteroatoms. The molecule has 1 aromatic carbocycles. The number of benzene rings is 1. The van der Waals surface area contributed by atoms with Crippen LogP contribution < -0.4 is 0 Å². The summed E-state index contributed by atoms with van der Waals surface area (Å²) in [6.07, 6.45) is -0.339. The van der Waals surface area contributed by atoms with Crippen molar-refractivity contribution in [1.29, 1.82) is 0 Å². The van der Waals surface area contributed by atoms with Gasteiger partial charge in [0.1, 0.15) is 5.82 Å². The Balaban J connectivity index is 2.25. The minimum atomic E-state index is -2.84. The summed E-state index contributed by atoms with van der Waals surface area (Å²) < 4.78 is 40.0. The summed E-state index contributed by atoms with van der Waals surface area (Å²) in [6.45, 7) is 0.968. The lowest BCUT2D eigenvalue weighted by Gasteiger charge is -2.16. The molecule has 0 spiro atoms. The third kappa shape index (κ3) is 2.53. The van der Waals surface area contributed by atoms with Gasteiger partial charge in [-0.3, -0.25) is 4.79 Å². The minimum absolute atomic E-state index is 0.00104. The van der Waals surface area contributed by atoms with E-state index in [4.69, 9.17) is 0 Å². The number of carbonyl (C=O) groups excluding carboxylic acids is 1. The molecule has 0 aliphatic carbocycles. The predicted octanol–water partition coefficient (Wildman–Crippen LogP) is 3.38. The van der Waals surface area contributed by atoms with E-state index in [0.29, 0.717) is 10.0 Å². The molecule has 0 bridgehead atoms. The maximum Gasteiger partial charge on any atom is 0.267 e. The van der Waals surface area contributed by atoms with Gasteiger partial charge >= 0.3 is 0 Å². The van der Waals surface area contributed by atoms with Gasteiger partial charge in [0.05, 0.1) is 6.54 Å². The molecule has 0 saturated carbocycles. The fourth-order valence-electron chi connectivity index (χ4n) is 1.86. The molecule has 0 radical (unpaired) electrons. The Morgan fingerprint density at radius 1 is 1.44 bits per heavy atom. The van der Waals surface area contributed by atoms with Crippen molar-refractivity contribution in [2.24, 2.45) is 0 Å². The van der Waals surface area contributed by atoms with Crippen LogP contribution in [0.2, 0.25) is 0 Å². The Labute approximate surface area is 111 Å². The van der Waals surface area contributed by atoms with Crippen molar-refractivity contribution in [2.75, 3.05) is 13.1 Å². The van der Waals surface area contributed by atoms with Crippen LogP contribution in [0, 0.1) is 12.7 Å². The van der Waals surface area contributed by atoms with Gasteiger partial charge in [-0.1, -0.05) is 15.9 Å². The summed E-state index contributed by atoms with van der Waals surface area (Å²) in [5.74, 6) is -3.93. The average molecular weight is 322 g/mol. The zero-order valence-electron chi connectivity index (χ0n) is 9.64. The zero-order valence-corrected chi connectivity index (χ0v) is 11.2. The second kappa shape index (κ2) is 4.57. The number of amides is 1. The summed E-state index contributed by atoms with van der Waals surface area (Å²) in [7, 11) is 0. The summed E-state index contributed by atoms with van der Waals surface area (Å²) >= 11 is 3.14. The van der Waals surface area contributed by atoms with Gasteiger partial charge in [-0.05, 0) is 24.6 Å². The molecule has 18 heavy (non-hydrogen) atoms. The van der Waals surface area contributed by atoms with E-state index < -0.39 is 24.2 Å². The van der Waals surface area contributed by atoms with Crippen LogP contribution in [0.4, 0.5) is 13.2 Å². The first-order valence-electron chi connectivity index (χ1n) is 5.43. The van der Waals surface area contributed by atoms with E-state index in [1.165, 1.54) is 6.07 Å². The topological polar surface area (TPSA) is 20.3 Å². The number of likely N-dealkylation sites (tertiary alicyclic amines) is 1. The Hall–Kier alpha value is -1.04. The maximum atomic E-state index is 13.5. The average Bonchev–Trinajstić information content (AvgIpc) is 2.65. The van der Waals surface area contributed by atoms with Gasteiger partial charge in [0, 0.05) is 23.0 Å². The first kappa shape index (κ1) is 13.4. The van der Waals surface area contributed by atoms with Crippen molar-refractivity contribution in [2.45, 2.75) is 19.3 Å². The quantitative estimate of drug-likeness (QED) is 0.776. The van der Waals surface area contributed by atoms with E-state index in [0.717, 1.165) is 11.0 Å². The van der Waals surface area contributed by atoms with Crippen LogP contribution in [0.25, 0.3) is 0 Å². The van der Waals surface area contributed by atoms with Crippen molar-refractivity contribution in [3.63, 3.8) is 0 Å². The molecule has 0 aromatic heterocycles. The van der Waals surface area contributed by atoms with Gasteiger partial charge in [0.15, 0.2) is 0 Å². The number of hydrogen-bond acceptors (Lipinski definition) is 1. The number of alkyl halides is 2. The standard InChI is InChI=1S/C12H11BrF3NO/c1-7-9(13)4-8(5-10(7)14)11(18)17-3-2-12(15,16)6-17/h4-5H,2-3,6H2,1H3. The molecular weight excluding hydrogens is 311 g/mol. The number of carbonyl (C=O) groups is 1. The highest BCUT2D eigenvalue weighted by Gasteiger charge is 2.40. The van der Waals surface area contributed by atoms with Crippen LogP contribution in [0.3, 0.4) is 0 Å². The molecule has 1 aliphatic rings. The smallest absolute Gasteiger partial charge is 0.267 e. The van der Waals surface area contributed by atoms with E-state index in [9.17, 15) is 18.0 Å². The summed E-state index contributed by atoms with van der Waals surface area (Å²) in [5.41, 5.74) is 0.473. The molecule has 0 atom stereocenters. The molecule has 0 N–H and O–H groups in total. The predicted molar refractivity (Wildman–Crippen MR) is 64.3 cm³/mol. The molecule has 0 unspecified atom stereocenters. The van der Waals surface area contributed by atoms with Gasteiger partial charge in [-0.15, -0.1) is 0 Å². The lowest BCUT2D eigenvalue weighted by atomic mass is 10.1. The van der Waals surface area contributed by atoms with Crippen LogP contribution in [0.5, 0.6) is 0 Å². The fourth-order valence-corrected chi connectivity index (χ4v) is 2.30. The van der Waals surface area contributed by atoms with E-state index in [1.54, 1.807) is 6.92 Å². The van der Waals surface area contributed by atoms with Gasteiger partial charge < -0.3 is 4.90 Å². The van der Waals surface area contributed by atoms with E-state index in [-0.39, 0.29) is 18.5 Å². The first-order valence-corrected chi connectivity index (χ1v) is 6.22. The van der Waals surface area contributed by atoms with Crippen LogP contribution in [0.1, 0.15) is 22.3 Å². The number of hydrogen-bond donors (Lipinski definition) is 0. The number of nitrogens with zero attached hydrogens (tertiary/aromatic N) is 1. The summed E-state index contributed by atoms with van der Waals surface area (Å²) in [4.78, 5) is 13.0. The second-order valence-electron chi connectivity index (χ2n) is 4.40. The molecule has 2 rings (SSSR count). The van der Waals surface area contributed by atoms with Crippen molar-refractivity contribution in [3.8, 4) is 0 Å². The second-order valence-corrected chi connectivity index (χ2v) is 5.25. The molecular formula is C12H11BrF3NO. The molecule has 2 nitrogen and oxygen atoms in total. The first-order chi connectivity index (χ1) is 8.30. The van der Waals surface area contributed by atoms with Gasteiger partial charge in [0.2, 0.25) is 0 Å². The highest BCUT2D eigenvalue weighted by atomic mass is 79.9. The van der Waals surface area contributed by atoms with Gasteiger partial charge in [0.25, 0.3) is 11.8 Å². The molecule has 98 valence electrons. The monoisotopic (exact) mass is 321 g/mol. The Morgan fingerprint density at radius 2 is 2.11 bits per heavy atom. The Kier molecular flexibility index (Phi) is 3.40. The molecule has 1 aliphatic heterocycles. The van der Waals surface area contributed by atoms with Crippen LogP contribution >= 0.6 is 15.9 Å². The number of halogens is 4. The summed E-state index contributed by atoms with van der Waals surface area (Å²) in [5, 5.41) is 0. The van der Waals surface area contributed by atoms with Crippen LogP contribution in [-0.2, 0) is 0 Å². The van der Waals surface area contributed by atoms with Gasteiger partial charge in [-0.25, -0.2) is 13.2 Å². The maximum absolute atomic E-state index is 13.5. The zero-order chi connectivity index (χ0) is 13.5. The highest BCUT2D eigenvalue weighted by molar-refractivity contribution is 9.10. The normalized spacial score (nSPS) is 18.2. The van der Waals surface area contributed by atoms with E-state index in [1.807, 2.05) is 0 Å². The van der Waals surface area contributed by atoms with Crippen molar-refractivity contribution >= 4 is 21.8 Å². The molecule has 1 saturated heterocycles. The van der Waals surface area contributed by atoms with Crippen LogP contribution in [-0.4, -0.2) is 29.8 Å². The van der Waals surface area contributed by atoms with E-state index in [2.05, 4.69) is 15.9 Å². The lowest BCUT2D eigenvalue weighted by Crippen LogP contribution is -2.31. The minimum Gasteiger partial charge on any atom is -0.332 e. The van der Waals surface area contributed by atoms with E-state index >= 15 is 0 Å². The molecule has 1 fully saturated rings. The van der Waals surface area contributed by atoms with Crippen LogP contribution in [0.15, 0.2) is 16.6 Å². The number of rotatable bonds is 1. The highest BCUT2D eigenvalue weighted by Crippen LogP contribution is 2.29. The van der Waals surface area contributed by atoms with Crippen molar-refractivity contribution in [3.05, 3.63) is 33.5 Å². The lowest BCUT2D eigenvalue weighted by molar-refractivity contribution is 0.0120. The Morgan fingerprint density at radius 3 is 2.61 bits per heavy atom. The molecule has 1 amide bonds. The van der Waals surface area contributed by atoms with Crippen molar-refractivity contribution < 1.29 is 18.0 Å². The largest absolute Gasteiger partial charge is 0.332 e. The van der Waals surface area contributed by atoms with Crippen molar-refractivity contribution in [1.82, 2.24) is 4.90 Å². The summed E-state index contributed by atoms with van der Waals surface area (Å²) in [6, 6.07) is 2.54. The third-order valence-electron chi connectivity index (χ3n) is 2.98. The molecule has 1 heterocycles. The third-order valence-corrected chi connectivity index (χ3v) is 3.81.